The second-order valence-corrected chi connectivity index (χ2v) is 22.1. The van der Waals surface area contributed by atoms with E-state index in [0.29, 0.717) is 22.0 Å². The molecule has 0 saturated carbocycles. The van der Waals surface area contributed by atoms with Gasteiger partial charge in [-0.2, -0.15) is 0 Å². The monoisotopic (exact) mass is 1300 g/mol. The number of carboxylic acids is 3. The van der Waals surface area contributed by atoms with Gasteiger partial charge in [0.05, 0.1) is 38.2 Å². The fourth-order valence-corrected chi connectivity index (χ4v) is 9.25. The number of aliphatic hydroxyl groups excluding tert-OH is 3. The van der Waals surface area contributed by atoms with Crippen LogP contribution in [0.2, 0.25) is 0 Å². The number of nitrogens with one attached hydrogen (secondary N) is 12. The molecule has 9 amide bonds. The van der Waals surface area contributed by atoms with Crippen molar-refractivity contribution in [3.63, 3.8) is 0 Å². The lowest BCUT2D eigenvalue weighted by Gasteiger charge is -2.28. The van der Waals surface area contributed by atoms with Crippen LogP contribution in [0.5, 0.6) is 11.5 Å². The summed E-state index contributed by atoms with van der Waals surface area (Å²) in [7, 11) is 0. The molecule has 0 aliphatic heterocycles. The maximum absolute atomic E-state index is 14.8. The van der Waals surface area contributed by atoms with Crippen LogP contribution in [-0.2, 0) is 76.8 Å². The first-order chi connectivity index (χ1) is 43.9. The van der Waals surface area contributed by atoms with Crippen LogP contribution in [0, 0.1) is 11.3 Å². The number of carbonyl (C=O) groups is 12. The van der Waals surface area contributed by atoms with Crippen molar-refractivity contribution in [2.75, 3.05) is 19.8 Å². The Kier molecular flexibility index (Phi) is 29.4. The number of carboxylic acid groups (broad SMARTS) is 3. The lowest BCUT2D eigenvalue weighted by molar-refractivity contribution is -0.145. The summed E-state index contributed by atoms with van der Waals surface area (Å²) < 4.78 is 0. The molecule has 506 valence electrons. The van der Waals surface area contributed by atoms with E-state index in [-0.39, 0.29) is 61.2 Å². The number of hydrogen-bond donors (Lipinski definition) is 22. The fourth-order valence-electron chi connectivity index (χ4n) is 9.25. The molecule has 34 nitrogen and oxygen atoms in total. The molecule has 3 aromatic carbocycles. The number of phenols is 2. The minimum absolute atomic E-state index is 0.0369. The Hall–Kier alpha value is -10.4. The summed E-state index contributed by atoms with van der Waals surface area (Å²) in [6.45, 7) is 2.33. The SMILES string of the molecule is CC(C)C[C@H](NC(=O)[C@H](Cc1c[nH]c2ccccc12)NC(=O)[C@H](Cc1ccc(O)cc1)NC(=O)[C@H](CO)NC(=O)[C@H](Cc1ccc(O)cc1)NC(=O)[C@H](CC(=O)O)NC(=O)[C@H](CC(=O)O)NC(=O)[C@@H](N)CCCNC(=N)N)C(=O)N[C@@H](CO)C(=O)N[C@H](C(=O)O)[C@@H](C)O. The third-order valence-electron chi connectivity index (χ3n) is 14.1. The molecule has 34 heteroatoms. The number of aliphatic carboxylic acids is 3. The maximum Gasteiger partial charge on any atom is 0.328 e. The van der Waals surface area contributed by atoms with E-state index >= 15 is 0 Å². The van der Waals surface area contributed by atoms with Gasteiger partial charge in [-0.1, -0.05) is 56.3 Å². The number of nitrogens with two attached hydrogens (primary N) is 2. The Morgan fingerprint density at radius 3 is 1.33 bits per heavy atom. The Labute approximate surface area is 531 Å². The molecule has 0 aliphatic carbocycles. The number of aromatic amines is 1. The van der Waals surface area contributed by atoms with Crippen LogP contribution in [0.3, 0.4) is 0 Å². The highest BCUT2D eigenvalue weighted by Crippen LogP contribution is 2.21. The normalized spacial score (nSPS) is 14.7. The Morgan fingerprint density at radius 1 is 0.516 bits per heavy atom. The highest BCUT2D eigenvalue weighted by molar-refractivity contribution is 6.00. The van der Waals surface area contributed by atoms with Gasteiger partial charge in [0, 0.05) is 42.9 Å². The number of amides is 9. The largest absolute Gasteiger partial charge is 0.508 e. The summed E-state index contributed by atoms with van der Waals surface area (Å²) >= 11 is 0. The molecule has 0 radical (unpaired) electrons. The quantitative estimate of drug-likeness (QED) is 0.0113. The van der Waals surface area contributed by atoms with Gasteiger partial charge in [0.2, 0.25) is 53.2 Å². The van der Waals surface area contributed by atoms with Crippen molar-refractivity contribution in [1.82, 2.24) is 58.2 Å². The third-order valence-corrected chi connectivity index (χ3v) is 14.1. The molecular formula is C59H80N14O20. The summed E-state index contributed by atoms with van der Waals surface area (Å²) in [6, 6.07) is -0.422. The average Bonchev–Trinajstić information content (AvgIpc) is 1.98. The number of aliphatic hydroxyl groups is 3. The highest BCUT2D eigenvalue weighted by atomic mass is 16.4. The van der Waals surface area contributed by atoms with Crippen molar-refractivity contribution in [3.05, 3.63) is 95.7 Å². The zero-order chi connectivity index (χ0) is 69.2. The minimum atomic E-state index is -2.10. The van der Waals surface area contributed by atoms with Crippen LogP contribution in [-0.4, -0.2) is 209 Å². The molecule has 1 aromatic heterocycles. The smallest absolute Gasteiger partial charge is 0.328 e. The van der Waals surface area contributed by atoms with Gasteiger partial charge in [0.15, 0.2) is 12.0 Å². The van der Waals surface area contributed by atoms with Crippen LogP contribution in [0.15, 0.2) is 79.0 Å². The van der Waals surface area contributed by atoms with Crippen molar-refractivity contribution in [1.29, 1.82) is 5.41 Å². The summed E-state index contributed by atoms with van der Waals surface area (Å²) in [4.78, 5) is 165. The fraction of sp³-hybridized carbons (Fsp3) is 0.441. The summed E-state index contributed by atoms with van der Waals surface area (Å²) in [5, 5.41) is 111. The number of para-hydroxylation sites is 1. The van der Waals surface area contributed by atoms with Crippen LogP contribution < -0.4 is 64.6 Å². The number of rotatable bonds is 38. The zero-order valence-electron chi connectivity index (χ0n) is 50.8. The van der Waals surface area contributed by atoms with E-state index in [1.54, 1.807) is 44.3 Å². The molecule has 1 heterocycles. The molecule has 24 N–H and O–H groups in total. The Balaban J connectivity index is 1.67. The number of aromatic hydroxyl groups is 2. The number of fused-ring (bicyclic) bond motifs is 1. The van der Waals surface area contributed by atoms with E-state index in [4.69, 9.17) is 16.9 Å². The zero-order valence-corrected chi connectivity index (χ0v) is 50.8. The van der Waals surface area contributed by atoms with Gasteiger partial charge in [-0.05, 0) is 79.1 Å². The molecule has 4 aromatic rings. The number of hydrogen-bond acceptors (Lipinski definition) is 19. The highest BCUT2D eigenvalue weighted by Gasteiger charge is 2.37. The first kappa shape index (κ1) is 75.0. The van der Waals surface area contributed by atoms with Gasteiger partial charge in [-0.15, -0.1) is 0 Å². The summed E-state index contributed by atoms with van der Waals surface area (Å²) in [6.07, 6.45) is -3.48. The molecule has 93 heavy (non-hydrogen) atoms. The first-order valence-corrected chi connectivity index (χ1v) is 29.1. The van der Waals surface area contributed by atoms with E-state index in [1.807, 2.05) is 5.32 Å². The standard InChI is InChI=1S/C59H80N14O20/c1-28(2)19-38(50(84)72-45(27-75)57(91)73-48(29(3)76)58(92)93)66-53(87)41(22-32-25-64-37-9-5-4-7-35(32)37)69-51(85)39(20-30-10-14-33(77)15-11-30)68-56(90)44(26-74)71-52(86)40(21-31-12-16-34(78)17-13-31)67-55(89)43(24-47(81)82)70-54(88)42(23-46(79)80)65-49(83)36(60)8-6-18-63-59(61)62/h4-5,7,9-17,25,28-29,36,38-45,48,64,74-78H,6,8,18-24,26-27,60H2,1-3H3,(H,65,83)(H,66,87)(H,67,89)(H,68,90)(H,69,85)(H,70,88)(H,71,86)(H,72,84)(H,73,91)(H,79,80)(H,81,82)(H,92,93)(H4,61,62,63)/t29-,36+,38+,39+,40+,41+,42+,43+,44+,45+,48+/m1/s1. The first-order valence-electron chi connectivity index (χ1n) is 29.1. The number of aromatic nitrogens is 1. The summed E-state index contributed by atoms with van der Waals surface area (Å²) in [5.41, 5.74) is 12.8. The predicted molar refractivity (Wildman–Crippen MR) is 328 cm³/mol. The number of benzene rings is 3. The van der Waals surface area contributed by atoms with Crippen molar-refractivity contribution >= 4 is 87.9 Å². The van der Waals surface area contributed by atoms with E-state index in [2.05, 4.69) is 52.8 Å². The van der Waals surface area contributed by atoms with Gasteiger partial charge in [-0.25, -0.2) is 4.79 Å². The van der Waals surface area contributed by atoms with E-state index in [0.717, 1.165) is 6.92 Å². The molecule has 4 rings (SSSR count). The molecule has 11 atom stereocenters. The van der Waals surface area contributed by atoms with Crippen molar-refractivity contribution < 1.29 is 98.4 Å². The van der Waals surface area contributed by atoms with Crippen LogP contribution in [0.4, 0.5) is 0 Å². The summed E-state index contributed by atoms with van der Waals surface area (Å²) in [5.74, 6) is -16.6. The van der Waals surface area contributed by atoms with E-state index < -0.39 is 176 Å². The van der Waals surface area contributed by atoms with Gasteiger partial charge < -0.3 is 110 Å². The number of carbonyl (C=O) groups excluding carboxylic acids is 9. The Bertz CT molecular complexity index is 3290. The van der Waals surface area contributed by atoms with Gasteiger partial charge in [0.1, 0.15) is 59.8 Å². The average molecular weight is 1310 g/mol. The van der Waals surface area contributed by atoms with E-state index in [9.17, 15) is 98.4 Å². The van der Waals surface area contributed by atoms with Gasteiger partial charge in [0.25, 0.3) is 0 Å². The third kappa shape index (κ3) is 24.7. The topological polar surface area (TPSA) is 579 Å². The molecule has 0 spiro atoms. The number of guanidine groups is 1. The van der Waals surface area contributed by atoms with Crippen LogP contribution >= 0.6 is 0 Å². The Morgan fingerprint density at radius 2 is 0.903 bits per heavy atom. The van der Waals surface area contributed by atoms with Crippen molar-refractivity contribution in [2.24, 2.45) is 17.4 Å². The molecule has 0 aliphatic rings. The molecule has 0 fully saturated rings. The van der Waals surface area contributed by atoms with Gasteiger partial charge in [-0.3, -0.25) is 58.1 Å². The van der Waals surface area contributed by atoms with Crippen molar-refractivity contribution in [3.8, 4) is 11.5 Å². The lowest BCUT2D eigenvalue weighted by Crippen LogP contribution is -2.62. The molecule has 0 saturated heterocycles. The van der Waals surface area contributed by atoms with Gasteiger partial charge >= 0.3 is 17.9 Å². The second kappa shape index (κ2) is 36.4. The molecule has 0 bridgehead atoms. The minimum Gasteiger partial charge on any atom is -0.508 e. The molecule has 0 unspecified atom stereocenters. The van der Waals surface area contributed by atoms with Crippen LogP contribution in [0.25, 0.3) is 10.9 Å². The van der Waals surface area contributed by atoms with Crippen molar-refractivity contribution in [2.45, 2.75) is 139 Å². The number of H-pyrrole nitrogens is 1. The second-order valence-electron chi connectivity index (χ2n) is 22.1. The maximum atomic E-state index is 14.8. The lowest BCUT2D eigenvalue weighted by atomic mass is 9.99. The van der Waals surface area contributed by atoms with E-state index in [1.165, 1.54) is 48.5 Å². The predicted octanol–water partition coefficient (Wildman–Crippen LogP) is -4.99. The number of phenolic OH excluding ortho intramolecular Hbond substituents is 2. The van der Waals surface area contributed by atoms with Crippen LogP contribution in [0.1, 0.15) is 69.6 Å². The molecular weight excluding hydrogens is 1220 g/mol.